The molecule has 33 heavy (non-hydrogen) atoms. The quantitative estimate of drug-likeness (QED) is 0.505. The van der Waals surface area contributed by atoms with Crippen molar-refractivity contribution in [1.29, 1.82) is 0 Å². The van der Waals surface area contributed by atoms with Crippen LogP contribution in [0.1, 0.15) is 40.9 Å². The van der Waals surface area contributed by atoms with E-state index in [9.17, 15) is 14.4 Å². The number of aromatic nitrogens is 1. The first kappa shape index (κ1) is 22.0. The van der Waals surface area contributed by atoms with E-state index in [0.29, 0.717) is 0 Å². The summed E-state index contributed by atoms with van der Waals surface area (Å²) >= 11 is 0. The van der Waals surface area contributed by atoms with Crippen LogP contribution < -0.4 is 10.6 Å². The van der Waals surface area contributed by atoms with Crippen molar-refractivity contribution in [3.8, 4) is 11.1 Å². The second kappa shape index (κ2) is 9.52. The standard InChI is InChI=1S/C25H23N3O5/c1-15(13-22(29)30)27-24(31)23-21(11-6-12-26-23)28-25(32)33-14-20-18-9-4-2-7-16(18)17-8-3-5-10-19(17)20/h2-12,15,20H,13-14H2,1H3,(H,27,31)(H,28,32)(H,29,30). The summed E-state index contributed by atoms with van der Waals surface area (Å²) in [7, 11) is 0. The minimum absolute atomic E-state index is 0.0248. The van der Waals surface area contributed by atoms with E-state index in [1.54, 1.807) is 13.0 Å². The highest BCUT2D eigenvalue weighted by atomic mass is 16.5. The van der Waals surface area contributed by atoms with Gasteiger partial charge in [0.05, 0.1) is 12.1 Å². The lowest BCUT2D eigenvalue weighted by atomic mass is 9.98. The topological polar surface area (TPSA) is 118 Å². The molecule has 8 heteroatoms. The zero-order valence-corrected chi connectivity index (χ0v) is 17.9. The zero-order chi connectivity index (χ0) is 23.4. The summed E-state index contributed by atoms with van der Waals surface area (Å²) in [5, 5.41) is 14.0. The number of benzene rings is 2. The number of nitrogens with one attached hydrogen (secondary N) is 2. The Kier molecular flexibility index (Phi) is 6.35. The summed E-state index contributed by atoms with van der Waals surface area (Å²) in [4.78, 5) is 40.0. The van der Waals surface area contributed by atoms with Crippen LogP contribution >= 0.6 is 0 Å². The molecule has 3 N–H and O–H groups in total. The monoisotopic (exact) mass is 445 g/mol. The van der Waals surface area contributed by atoms with Gasteiger partial charge in [0.2, 0.25) is 0 Å². The molecule has 2 aromatic carbocycles. The average molecular weight is 445 g/mol. The Morgan fingerprint density at radius 2 is 1.64 bits per heavy atom. The maximum atomic E-state index is 12.6. The van der Waals surface area contributed by atoms with Crippen LogP contribution in [0.3, 0.4) is 0 Å². The van der Waals surface area contributed by atoms with Crippen LogP contribution in [0, 0.1) is 0 Å². The lowest BCUT2D eigenvalue weighted by molar-refractivity contribution is -0.137. The van der Waals surface area contributed by atoms with Gasteiger partial charge in [0.15, 0.2) is 5.69 Å². The van der Waals surface area contributed by atoms with Gasteiger partial charge in [0, 0.05) is 18.2 Å². The molecule has 4 rings (SSSR count). The smallest absolute Gasteiger partial charge is 0.411 e. The number of hydrogen-bond donors (Lipinski definition) is 3. The summed E-state index contributed by atoms with van der Waals surface area (Å²) in [6.07, 6.45) is 0.477. The molecular weight excluding hydrogens is 422 g/mol. The number of fused-ring (bicyclic) bond motifs is 3. The fourth-order valence-electron chi connectivity index (χ4n) is 4.04. The summed E-state index contributed by atoms with van der Waals surface area (Å²) in [6, 6.07) is 18.6. The molecule has 1 aliphatic rings. The Labute approximate surface area is 190 Å². The van der Waals surface area contributed by atoms with Gasteiger partial charge < -0.3 is 15.2 Å². The van der Waals surface area contributed by atoms with Gasteiger partial charge in [-0.15, -0.1) is 0 Å². The average Bonchev–Trinajstić information content (AvgIpc) is 3.11. The number of ether oxygens (including phenoxy) is 1. The second-order valence-electron chi connectivity index (χ2n) is 7.82. The molecule has 0 fully saturated rings. The van der Waals surface area contributed by atoms with E-state index in [0.717, 1.165) is 22.3 Å². The van der Waals surface area contributed by atoms with E-state index in [1.807, 2.05) is 36.4 Å². The molecule has 0 radical (unpaired) electrons. The maximum absolute atomic E-state index is 12.6. The first-order valence-electron chi connectivity index (χ1n) is 10.5. The van der Waals surface area contributed by atoms with Crippen LogP contribution in [0.25, 0.3) is 11.1 Å². The number of nitrogens with zero attached hydrogens (tertiary/aromatic N) is 1. The van der Waals surface area contributed by atoms with Crippen LogP contribution in [0.5, 0.6) is 0 Å². The Bertz CT molecular complexity index is 1160. The van der Waals surface area contributed by atoms with Gasteiger partial charge in [-0.2, -0.15) is 0 Å². The highest BCUT2D eigenvalue weighted by Gasteiger charge is 2.29. The number of amides is 2. The normalized spacial score (nSPS) is 12.9. The SMILES string of the molecule is CC(CC(=O)O)NC(=O)c1ncccc1NC(=O)OCC1c2ccccc2-c2ccccc21. The molecule has 0 saturated carbocycles. The molecule has 1 aliphatic carbocycles. The summed E-state index contributed by atoms with van der Waals surface area (Å²) < 4.78 is 5.52. The van der Waals surface area contributed by atoms with Crippen molar-refractivity contribution in [2.75, 3.05) is 11.9 Å². The number of carbonyl (C=O) groups is 3. The van der Waals surface area contributed by atoms with Crippen LogP contribution in [-0.2, 0) is 9.53 Å². The fourth-order valence-corrected chi connectivity index (χ4v) is 4.04. The number of hydrogen-bond acceptors (Lipinski definition) is 5. The van der Waals surface area contributed by atoms with Crippen LogP contribution in [0.15, 0.2) is 66.9 Å². The molecule has 8 nitrogen and oxygen atoms in total. The van der Waals surface area contributed by atoms with Gasteiger partial charge in [-0.1, -0.05) is 48.5 Å². The Balaban J connectivity index is 1.43. The van der Waals surface area contributed by atoms with E-state index in [4.69, 9.17) is 9.84 Å². The minimum atomic E-state index is -1.03. The molecule has 1 aromatic heterocycles. The van der Waals surface area contributed by atoms with E-state index >= 15 is 0 Å². The predicted octanol–water partition coefficient (Wildman–Crippen LogP) is 4.04. The van der Waals surface area contributed by atoms with E-state index < -0.39 is 24.0 Å². The van der Waals surface area contributed by atoms with Crippen LogP contribution in [0.2, 0.25) is 0 Å². The summed E-state index contributed by atoms with van der Waals surface area (Å²) in [5.74, 6) is -1.70. The highest BCUT2D eigenvalue weighted by molar-refractivity contribution is 6.01. The summed E-state index contributed by atoms with van der Waals surface area (Å²) in [5.41, 5.74) is 4.60. The third kappa shape index (κ3) is 4.85. The van der Waals surface area contributed by atoms with E-state index in [2.05, 4.69) is 27.8 Å². The minimum Gasteiger partial charge on any atom is -0.481 e. The van der Waals surface area contributed by atoms with Gasteiger partial charge in [-0.3, -0.25) is 14.9 Å². The highest BCUT2D eigenvalue weighted by Crippen LogP contribution is 2.44. The van der Waals surface area contributed by atoms with Crippen LogP contribution in [0.4, 0.5) is 10.5 Å². The molecule has 0 bridgehead atoms. The molecule has 168 valence electrons. The van der Waals surface area contributed by atoms with Crippen molar-refractivity contribution < 1.29 is 24.2 Å². The van der Waals surface area contributed by atoms with E-state index in [-0.39, 0.29) is 30.3 Å². The van der Waals surface area contributed by atoms with E-state index in [1.165, 1.54) is 12.3 Å². The van der Waals surface area contributed by atoms with Crippen molar-refractivity contribution in [3.63, 3.8) is 0 Å². The number of carbonyl (C=O) groups excluding carboxylic acids is 2. The number of anilines is 1. The Hall–Kier alpha value is -4.20. The molecule has 0 spiro atoms. The Morgan fingerprint density at radius 1 is 1.00 bits per heavy atom. The van der Waals surface area contributed by atoms with Crippen molar-refractivity contribution in [2.45, 2.75) is 25.3 Å². The molecule has 1 atom stereocenters. The molecule has 3 aromatic rings. The number of rotatable bonds is 7. The molecule has 0 saturated heterocycles. The molecule has 1 unspecified atom stereocenters. The Morgan fingerprint density at radius 3 is 2.27 bits per heavy atom. The third-order valence-corrected chi connectivity index (χ3v) is 5.46. The van der Waals surface area contributed by atoms with Gasteiger partial charge in [0.1, 0.15) is 6.61 Å². The zero-order valence-electron chi connectivity index (χ0n) is 17.9. The predicted molar refractivity (Wildman–Crippen MR) is 122 cm³/mol. The van der Waals surface area contributed by atoms with Crippen molar-refractivity contribution in [3.05, 3.63) is 83.7 Å². The lowest BCUT2D eigenvalue weighted by Crippen LogP contribution is -2.35. The number of carboxylic acids is 1. The first-order chi connectivity index (χ1) is 15.9. The van der Waals surface area contributed by atoms with Crippen LogP contribution in [-0.4, -0.2) is 40.7 Å². The van der Waals surface area contributed by atoms with Gasteiger partial charge in [-0.25, -0.2) is 9.78 Å². The van der Waals surface area contributed by atoms with Crippen molar-refractivity contribution in [1.82, 2.24) is 10.3 Å². The maximum Gasteiger partial charge on any atom is 0.411 e. The van der Waals surface area contributed by atoms with Gasteiger partial charge >= 0.3 is 12.1 Å². The third-order valence-electron chi connectivity index (χ3n) is 5.46. The van der Waals surface area contributed by atoms with Gasteiger partial charge in [-0.05, 0) is 41.3 Å². The fraction of sp³-hybridized carbons (Fsp3) is 0.200. The molecule has 1 heterocycles. The second-order valence-corrected chi connectivity index (χ2v) is 7.82. The molecule has 0 aliphatic heterocycles. The van der Waals surface area contributed by atoms with Crippen molar-refractivity contribution >= 4 is 23.7 Å². The molecule has 2 amide bonds. The lowest BCUT2D eigenvalue weighted by Gasteiger charge is -2.16. The largest absolute Gasteiger partial charge is 0.481 e. The first-order valence-corrected chi connectivity index (χ1v) is 10.5. The van der Waals surface area contributed by atoms with Gasteiger partial charge in [0.25, 0.3) is 5.91 Å². The summed E-state index contributed by atoms with van der Waals surface area (Å²) in [6.45, 7) is 1.71. The number of aliphatic carboxylic acids is 1. The number of pyridine rings is 1. The molecular formula is C25H23N3O5. The van der Waals surface area contributed by atoms with Crippen molar-refractivity contribution in [2.24, 2.45) is 0 Å². The number of carboxylic acid groups (broad SMARTS) is 1.